The number of hydrogen-bond acceptors (Lipinski definition) is 3. The Morgan fingerprint density at radius 3 is 2.65 bits per heavy atom. The SMILES string of the molecule is CCN1C(=O)C(C)(CC)NC1c1ccc(OC)c(F)c1. The summed E-state index contributed by atoms with van der Waals surface area (Å²) in [5.74, 6) is -0.150. The molecule has 1 N–H and O–H groups in total. The van der Waals surface area contributed by atoms with Gasteiger partial charge in [-0.05, 0) is 38.0 Å². The molecule has 1 heterocycles. The van der Waals surface area contributed by atoms with Gasteiger partial charge in [0.2, 0.25) is 5.91 Å². The summed E-state index contributed by atoms with van der Waals surface area (Å²) < 4.78 is 18.8. The van der Waals surface area contributed by atoms with Gasteiger partial charge >= 0.3 is 0 Å². The first-order valence-electron chi connectivity index (χ1n) is 6.89. The van der Waals surface area contributed by atoms with E-state index in [-0.39, 0.29) is 17.8 Å². The number of carbonyl (C=O) groups is 1. The number of amides is 1. The molecule has 0 spiro atoms. The second kappa shape index (κ2) is 5.40. The van der Waals surface area contributed by atoms with Gasteiger partial charge in [0, 0.05) is 6.54 Å². The summed E-state index contributed by atoms with van der Waals surface area (Å²) in [6, 6.07) is 4.80. The molecule has 2 unspecified atom stereocenters. The smallest absolute Gasteiger partial charge is 0.244 e. The second-order valence-corrected chi connectivity index (χ2v) is 5.22. The highest BCUT2D eigenvalue weighted by atomic mass is 19.1. The monoisotopic (exact) mass is 280 g/mol. The predicted octanol–water partition coefficient (Wildman–Crippen LogP) is 2.45. The largest absolute Gasteiger partial charge is 0.494 e. The lowest BCUT2D eigenvalue weighted by atomic mass is 9.99. The Balaban J connectivity index is 2.37. The van der Waals surface area contributed by atoms with Gasteiger partial charge in [0.05, 0.1) is 12.6 Å². The summed E-state index contributed by atoms with van der Waals surface area (Å²) in [6.45, 7) is 6.36. The first-order chi connectivity index (χ1) is 9.46. The van der Waals surface area contributed by atoms with E-state index in [1.165, 1.54) is 13.2 Å². The van der Waals surface area contributed by atoms with E-state index >= 15 is 0 Å². The lowest BCUT2D eigenvalue weighted by molar-refractivity contribution is -0.132. The fraction of sp³-hybridized carbons (Fsp3) is 0.533. The van der Waals surface area contributed by atoms with Crippen molar-refractivity contribution < 1.29 is 13.9 Å². The lowest BCUT2D eigenvalue weighted by Gasteiger charge is -2.23. The number of benzene rings is 1. The minimum Gasteiger partial charge on any atom is -0.494 e. The number of nitrogens with one attached hydrogen (secondary N) is 1. The van der Waals surface area contributed by atoms with Gasteiger partial charge in [-0.2, -0.15) is 0 Å². The molecule has 5 heteroatoms. The van der Waals surface area contributed by atoms with E-state index in [4.69, 9.17) is 4.74 Å². The third-order valence-electron chi connectivity index (χ3n) is 4.04. The Kier molecular flexibility index (Phi) is 3.99. The van der Waals surface area contributed by atoms with Gasteiger partial charge in [-0.15, -0.1) is 0 Å². The Bertz CT molecular complexity index is 521. The quantitative estimate of drug-likeness (QED) is 0.921. The molecule has 0 aromatic heterocycles. The average molecular weight is 280 g/mol. The summed E-state index contributed by atoms with van der Waals surface area (Å²) in [5, 5.41) is 3.32. The van der Waals surface area contributed by atoms with Crippen LogP contribution in [0, 0.1) is 5.82 Å². The highest BCUT2D eigenvalue weighted by Gasteiger charge is 2.46. The zero-order chi connectivity index (χ0) is 14.9. The minimum absolute atomic E-state index is 0.0590. The fourth-order valence-corrected chi connectivity index (χ4v) is 2.57. The molecular formula is C15H21FN2O2. The van der Waals surface area contributed by atoms with E-state index in [0.717, 1.165) is 5.56 Å². The van der Waals surface area contributed by atoms with Crippen LogP contribution in [0.25, 0.3) is 0 Å². The molecular weight excluding hydrogens is 259 g/mol. The van der Waals surface area contributed by atoms with Crippen LogP contribution in [0.2, 0.25) is 0 Å². The second-order valence-electron chi connectivity index (χ2n) is 5.22. The Labute approximate surface area is 118 Å². The maximum atomic E-state index is 13.9. The van der Waals surface area contributed by atoms with E-state index in [1.54, 1.807) is 17.0 Å². The first kappa shape index (κ1) is 14.8. The van der Waals surface area contributed by atoms with Crippen molar-refractivity contribution in [1.29, 1.82) is 0 Å². The van der Waals surface area contributed by atoms with Gasteiger partial charge in [-0.3, -0.25) is 10.1 Å². The zero-order valence-corrected chi connectivity index (χ0v) is 12.4. The maximum absolute atomic E-state index is 13.9. The molecule has 1 amide bonds. The van der Waals surface area contributed by atoms with Crippen molar-refractivity contribution in [2.45, 2.75) is 38.9 Å². The number of ether oxygens (including phenoxy) is 1. The summed E-state index contributed by atoms with van der Waals surface area (Å²) in [5.41, 5.74) is 0.146. The van der Waals surface area contributed by atoms with E-state index in [2.05, 4.69) is 5.32 Å². The third-order valence-corrected chi connectivity index (χ3v) is 4.04. The molecule has 1 aliphatic rings. The molecule has 0 radical (unpaired) electrons. The van der Waals surface area contributed by atoms with Crippen molar-refractivity contribution in [1.82, 2.24) is 10.2 Å². The average Bonchev–Trinajstić information content (AvgIpc) is 2.71. The van der Waals surface area contributed by atoms with Crippen LogP contribution in [-0.2, 0) is 4.79 Å². The molecule has 2 atom stereocenters. The van der Waals surface area contributed by atoms with E-state index in [0.29, 0.717) is 13.0 Å². The summed E-state index contributed by atoms with van der Waals surface area (Å²) in [4.78, 5) is 14.2. The van der Waals surface area contributed by atoms with Crippen LogP contribution in [0.15, 0.2) is 18.2 Å². The van der Waals surface area contributed by atoms with Crippen LogP contribution < -0.4 is 10.1 Å². The van der Waals surface area contributed by atoms with Gasteiger partial charge in [0.15, 0.2) is 11.6 Å². The molecule has 1 fully saturated rings. The summed E-state index contributed by atoms with van der Waals surface area (Å²) >= 11 is 0. The van der Waals surface area contributed by atoms with Crippen LogP contribution in [-0.4, -0.2) is 30.0 Å². The molecule has 1 aromatic rings. The number of methoxy groups -OCH3 is 1. The molecule has 1 saturated heterocycles. The van der Waals surface area contributed by atoms with Gasteiger partial charge in [0.1, 0.15) is 6.17 Å². The minimum atomic E-state index is -0.586. The Hall–Kier alpha value is -1.62. The van der Waals surface area contributed by atoms with Crippen LogP contribution in [0.3, 0.4) is 0 Å². The number of halogens is 1. The van der Waals surface area contributed by atoms with E-state index < -0.39 is 11.4 Å². The Morgan fingerprint density at radius 1 is 1.45 bits per heavy atom. The molecule has 0 aliphatic carbocycles. The molecule has 4 nitrogen and oxygen atoms in total. The fourth-order valence-electron chi connectivity index (χ4n) is 2.57. The first-order valence-corrected chi connectivity index (χ1v) is 6.89. The standard InChI is InChI=1S/C15H21FN2O2/c1-5-15(3)14(19)18(6-2)13(17-15)10-7-8-12(20-4)11(16)9-10/h7-9,13,17H,5-6H2,1-4H3. The van der Waals surface area contributed by atoms with Crippen molar-refractivity contribution in [3.63, 3.8) is 0 Å². The number of hydrogen-bond donors (Lipinski definition) is 1. The topological polar surface area (TPSA) is 41.6 Å². The predicted molar refractivity (Wildman–Crippen MR) is 74.9 cm³/mol. The van der Waals surface area contributed by atoms with Gasteiger partial charge in [-0.1, -0.05) is 13.0 Å². The zero-order valence-electron chi connectivity index (χ0n) is 12.4. The number of rotatable bonds is 4. The van der Waals surface area contributed by atoms with Crippen molar-refractivity contribution >= 4 is 5.91 Å². The lowest BCUT2D eigenvalue weighted by Crippen LogP contribution is -2.43. The molecule has 2 rings (SSSR count). The molecule has 1 aromatic carbocycles. The molecule has 1 aliphatic heterocycles. The number of nitrogens with zero attached hydrogens (tertiary/aromatic N) is 1. The van der Waals surface area contributed by atoms with E-state index in [1.807, 2.05) is 20.8 Å². The van der Waals surface area contributed by atoms with Crippen LogP contribution in [0.4, 0.5) is 4.39 Å². The molecule has 110 valence electrons. The van der Waals surface area contributed by atoms with Crippen LogP contribution in [0.5, 0.6) is 5.75 Å². The van der Waals surface area contributed by atoms with Crippen molar-refractivity contribution in [2.75, 3.05) is 13.7 Å². The molecule has 0 saturated carbocycles. The van der Waals surface area contributed by atoms with Crippen LogP contribution in [0.1, 0.15) is 38.9 Å². The molecule has 0 bridgehead atoms. The normalized spacial score (nSPS) is 26.1. The molecule has 20 heavy (non-hydrogen) atoms. The Morgan fingerprint density at radius 2 is 2.15 bits per heavy atom. The summed E-state index contributed by atoms with van der Waals surface area (Å²) in [7, 11) is 1.43. The van der Waals surface area contributed by atoms with Gasteiger partial charge in [0.25, 0.3) is 0 Å². The van der Waals surface area contributed by atoms with Gasteiger partial charge < -0.3 is 9.64 Å². The number of carbonyl (C=O) groups excluding carboxylic acids is 1. The maximum Gasteiger partial charge on any atom is 0.244 e. The number of likely N-dealkylation sites (N-methyl/N-ethyl adjacent to an activating group) is 1. The third kappa shape index (κ3) is 2.26. The summed E-state index contributed by atoms with van der Waals surface area (Å²) in [6.07, 6.45) is 0.398. The van der Waals surface area contributed by atoms with E-state index in [9.17, 15) is 9.18 Å². The highest BCUT2D eigenvalue weighted by molar-refractivity contribution is 5.88. The van der Waals surface area contributed by atoms with Crippen molar-refractivity contribution in [2.24, 2.45) is 0 Å². The highest BCUT2D eigenvalue weighted by Crippen LogP contribution is 2.33. The van der Waals surface area contributed by atoms with Crippen LogP contribution >= 0.6 is 0 Å². The van der Waals surface area contributed by atoms with Crippen molar-refractivity contribution in [3.8, 4) is 5.75 Å². The van der Waals surface area contributed by atoms with Crippen molar-refractivity contribution in [3.05, 3.63) is 29.6 Å². The van der Waals surface area contributed by atoms with Gasteiger partial charge in [-0.25, -0.2) is 4.39 Å².